The third kappa shape index (κ3) is 5.07. The zero-order valence-electron chi connectivity index (χ0n) is 10.3. The van der Waals surface area contributed by atoms with Gasteiger partial charge in [0, 0.05) is 18.9 Å². The molecule has 1 aromatic heterocycles. The second-order valence-corrected chi connectivity index (χ2v) is 4.87. The molecule has 1 unspecified atom stereocenters. The van der Waals surface area contributed by atoms with Gasteiger partial charge in [0.15, 0.2) is 0 Å². The minimum Gasteiger partial charge on any atom is -0.388 e. The lowest BCUT2D eigenvalue weighted by Crippen LogP contribution is -2.34. The molecule has 0 aliphatic rings. The summed E-state index contributed by atoms with van der Waals surface area (Å²) in [4.78, 5) is 8.05. The molecule has 0 saturated heterocycles. The zero-order chi connectivity index (χ0) is 12.0. The molecule has 0 bridgehead atoms. The van der Waals surface area contributed by atoms with E-state index < -0.39 is 5.60 Å². The number of hydrogen-bond donors (Lipinski definition) is 2. The lowest BCUT2D eigenvalue weighted by atomic mass is 9.95. The Bertz CT molecular complexity index is 298. The molecule has 2 N–H and O–H groups in total. The highest BCUT2D eigenvalue weighted by Gasteiger charge is 2.20. The first kappa shape index (κ1) is 12.9. The summed E-state index contributed by atoms with van der Waals surface area (Å²) in [6.07, 6.45) is 6.72. The molecule has 0 fully saturated rings. The zero-order valence-corrected chi connectivity index (χ0v) is 10.3. The molecule has 16 heavy (non-hydrogen) atoms. The van der Waals surface area contributed by atoms with Gasteiger partial charge in [-0.3, -0.25) is 4.98 Å². The standard InChI is InChI=1S/C12H21N3O/c1-10(2)4-5-12(3,16)9-15-11-8-13-6-7-14-11/h6-8,10,16H,4-5,9H2,1-3H3,(H,14,15). The normalized spacial score (nSPS) is 14.8. The van der Waals surface area contributed by atoms with Crippen LogP contribution >= 0.6 is 0 Å². The van der Waals surface area contributed by atoms with Crippen LogP contribution < -0.4 is 5.32 Å². The molecule has 4 heteroatoms. The predicted molar refractivity (Wildman–Crippen MR) is 65.2 cm³/mol. The van der Waals surface area contributed by atoms with Gasteiger partial charge < -0.3 is 10.4 Å². The summed E-state index contributed by atoms with van der Waals surface area (Å²) in [5.74, 6) is 1.32. The molecule has 0 amide bonds. The molecule has 1 atom stereocenters. The monoisotopic (exact) mass is 223 g/mol. The van der Waals surface area contributed by atoms with Crippen LogP contribution in [0.3, 0.4) is 0 Å². The summed E-state index contributed by atoms with van der Waals surface area (Å²) < 4.78 is 0. The van der Waals surface area contributed by atoms with E-state index in [1.54, 1.807) is 18.6 Å². The van der Waals surface area contributed by atoms with Gasteiger partial charge in [-0.15, -0.1) is 0 Å². The van der Waals surface area contributed by atoms with Crippen molar-refractivity contribution < 1.29 is 5.11 Å². The van der Waals surface area contributed by atoms with E-state index in [9.17, 15) is 5.11 Å². The van der Waals surface area contributed by atoms with Crippen molar-refractivity contribution in [2.75, 3.05) is 11.9 Å². The lowest BCUT2D eigenvalue weighted by molar-refractivity contribution is 0.0585. The number of aliphatic hydroxyl groups is 1. The number of hydrogen-bond acceptors (Lipinski definition) is 4. The third-order valence-electron chi connectivity index (χ3n) is 2.47. The van der Waals surface area contributed by atoms with Crippen LogP contribution in [0, 0.1) is 5.92 Å². The van der Waals surface area contributed by atoms with E-state index in [0.29, 0.717) is 18.3 Å². The van der Waals surface area contributed by atoms with Crippen molar-refractivity contribution in [1.82, 2.24) is 9.97 Å². The number of nitrogens with zero attached hydrogens (tertiary/aromatic N) is 2. The van der Waals surface area contributed by atoms with Crippen LogP contribution in [-0.2, 0) is 0 Å². The topological polar surface area (TPSA) is 58.0 Å². The average Bonchev–Trinajstić information content (AvgIpc) is 2.26. The van der Waals surface area contributed by atoms with Gasteiger partial charge >= 0.3 is 0 Å². The van der Waals surface area contributed by atoms with E-state index in [2.05, 4.69) is 29.1 Å². The van der Waals surface area contributed by atoms with Gasteiger partial charge in [-0.05, 0) is 25.7 Å². The van der Waals surface area contributed by atoms with E-state index >= 15 is 0 Å². The molecule has 4 nitrogen and oxygen atoms in total. The van der Waals surface area contributed by atoms with Crippen LogP contribution in [-0.4, -0.2) is 27.2 Å². The molecule has 1 rings (SSSR count). The number of rotatable bonds is 6. The first-order chi connectivity index (χ1) is 7.49. The van der Waals surface area contributed by atoms with Gasteiger partial charge in [0.25, 0.3) is 0 Å². The molecule has 1 aromatic rings. The lowest BCUT2D eigenvalue weighted by Gasteiger charge is -2.24. The van der Waals surface area contributed by atoms with Gasteiger partial charge in [-0.1, -0.05) is 13.8 Å². The van der Waals surface area contributed by atoms with Crippen LogP contribution in [0.1, 0.15) is 33.6 Å². The first-order valence-electron chi connectivity index (χ1n) is 5.72. The molecule has 0 radical (unpaired) electrons. The molecule has 90 valence electrons. The van der Waals surface area contributed by atoms with E-state index in [1.807, 2.05) is 6.92 Å². The van der Waals surface area contributed by atoms with Crippen molar-refractivity contribution in [3.8, 4) is 0 Å². The molecule has 0 aromatic carbocycles. The highest BCUT2D eigenvalue weighted by molar-refractivity contribution is 5.30. The minimum atomic E-state index is -0.693. The van der Waals surface area contributed by atoms with Crippen molar-refractivity contribution >= 4 is 5.82 Å². The molecular weight excluding hydrogens is 202 g/mol. The van der Waals surface area contributed by atoms with Crippen LogP contribution in [0.2, 0.25) is 0 Å². The van der Waals surface area contributed by atoms with Crippen molar-refractivity contribution in [2.24, 2.45) is 5.92 Å². The number of aromatic nitrogens is 2. The van der Waals surface area contributed by atoms with Crippen molar-refractivity contribution in [1.29, 1.82) is 0 Å². The Hall–Kier alpha value is -1.16. The minimum absolute atomic E-state index is 0.498. The fourth-order valence-electron chi connectivity index (χ4n) is 1.36. The van der Waals surface area contributed by atoms with Crippen molar-refractivity contribution in [2.45, 2.75) is 39.2 Å². The molecule has 0 saturated carbocycles. The van der Waals surface area contributed by atoms with Crippen LogP contribution in [0.5, 0.6) is 0 Å². The fraction of sp³-hybridized carbons (Fsp3) is 0.667. The third-order valence-corrected chi connectivity index (χ3v) is 2.47. The first-order valence-corrected chi connectivity index (χ1v) is 5.72. The van der Waals surface area contributed by atoms with Crippen molar-refractivity contribution in [3.05, 3.63) is 18.6 Å². The van der Waals surface area contributed by atoms with E-state index in [0.717, 1.165) is 12.8 Å². The van der Waals surface area contributed by atoms with E-state index in [4.69, 9.17) is 0 Å². The van der Waals surface area contributed by atoms with Crippen LogP contribution in [0.15, 0.2) is 18.6 Å². The quantitative estimate of drug-likeness (QED) is 0.775. The summed E-state index contributed by atoms with van der Waals surface area (Å²) in [5, 5.41) is 13.2. The van der Waals surface area contributed by atoms with Gasteiger partial charge in [-0.2, -0.15) is 0 Å². The Kier molecular flexibility index (Phi) is 4.68. The molecule has 0 aliphatic carbocycles. The van der Waals surface area contributed by atoms with Gasteiger partial charge in [0.05, 0.1) is 11.8 Å². The average molecular weight is 223 g/mol. The summed E-state index contributed by atoms with van der Waals surface area (Å²) in [7, 11) is 0. The predicted octanol–water partition coefficient (Wildman–Crippen LogP) is 2.08. The maximum absolute atomic E-state index is 10.1. The van der Waals surface area contributed by atoms with Gasteiger partial charge in [-0.25, -0.2) is 4.98 Å². The van der Waals surface area contributed by atoms with Crippen molar-refractivity contribution in [3.63, 3.8) is 0 Å². The highest BCUT2D eigenvalue weighted by atomic mass is 16.3. The van der Waals surface area contributed by atoms with Crippen LogP contribution in [0.4, 0.5) is 5.82 Å². The van der Waals surface area contributed by atoms with Gasteiger partial charge in [0.2, 0.25) is 0 Å². The number of nitrogens with one attached hydrogen (secondary N) is 1. The summed E-state index contributed by atoms with van der Waals surface area (Å²) in [5.41, 5.74) is -0.693. The second kappa shape index (κ2) is 5.80. The Morgan fingerprint density at radius 2 is 2.19 bits per heavy atom. The van der Waals surface area contributed by atoms with E-state index in [1.165, 1.54) is 0 Å². The Morgan fingerprint density at radius 3 is 2.75 bits per heavy atom. The SMILES string of the molecule is CC(C)CCC(C)(O)CNc1cnccn1. The van der Waals surface area contributed by atoms with Crippen LogP contribution in [0.25, 0.3) is 0 Å². The van der Waals surface area contributed by atoms with E-state index in [-0.39, 0.29) is 0 Å². The smallest absolute Gasteiger partial charge is 0.144 e. The second-order valence-electron chi connectivity index (χ2n) is 4.87. The summed E-state index contributed by atoms with van der Waals surface area (Å²) in [6, 6.07) is 0. The Balaban J connectivity index is 2.36. The molecule has 1 heterocycles. The Labute approximate surface area is 97.1 Å². The largest absolute Gasteiger partial charge is 0.388 e. The Morgan fingerprint density at radius 1 is 1.44 bits per heavy atom. The molecule has 0 spiro atoms. The fourth-order valence-corrected chi connectivity index (χ4v) is 1.36. The summed E-state index contributed by atoms with van der Waals surface area (Å²) >= 11 is 0. The summed E-state index contributed by atoms with van der Waals surface area (Å²) in [6.45, 7) is 6.66. The highest BCUT2D eigenvalue weighted by Crippen LogP contribution is 2.16. The van der Waals surface area contributed by atoms with Gasteiger partial charge in [0.1, 0.15) is 5.82 Å². The molecule has 0 aliphatic heterocycles. The maximum Gasteiger partial charge on any atom is 0.144 e. The maximum atomic E-state index is 10.1. The molecular formula is C12H21N3O. The number of anilines is 1.